The lowest BCUT2D eigenvalue weighted by molar-refractivity contribution is -0.142. The normalized spacial score (nSPS) is 13.8. The maximum atomic E-state index is 12.2. The van der Waals surface area contributed by atoms with Gasteiger partial charge < -0.3 is 31.8 Å². The molecule has 3 amide bonds. The van der Waals surface area contributed by atoms with E-state index in [1.807, 2.05) is 6.26 Å². The third-order valence-electron chi connectivity index (χ3n) is 3.76. The van der Waals surface area contributed by atoms with Crippen LogP contribution in [0.2, 0.25) is 0 Å². The zero-order valence-corrected chi connectivity index (χ0v) is 16.5. The van der Waals surface area contributed by atoms with E-state index in [9.17, 15) is 24.3 Å². The second-order valence-corrected chi connectivity index (χ2v) is 7.06. The van der Waals surface area contributed by atoms with E-state index in [0.29, 0.717) is 12.1 Å². The van der Waals surface area contributed by atoms with Crippen LogP contribution in [0.4, 0.5) is 0 Å². The molecular formula is C16H26N6O5S. The largest absolute Gasteiger partial charge is 0.480 e. The first-order chi connectivity index (χ1) is 13.2. The van der Waals surface area contributed by atoms with Crippen molar-refractivity contribution in [3.8, 4) is 0 Å². The Balaban J connectivity index is 2.44. The van der Waals surface area contributed by atoms with Crippen molar-refractivity contribution >= 4 is 35.5 Å². The molecule has 12 heteroatoms. The van der Waals surface area contributed by atoms with Gasteiger partial charge in [0.05, 0.1) is 18.9 Å². The van der Waals surface area contributed by atoms with Gasteiger partial charge in [0.1, 0.15) is 12.1 Å². The molecule has 0 aromatic carbocycles. The number of hydrogen-bond donors (Lipinski definition) is 6. The molecule has 0 spiro atoms. The predicted octanol–water partition coefficient (Wildman–Crippen LogP) is -1.78. The average Bonchev–Trinajstić information content (AvgIpc) is 3.16. The van der Waals surface area contributed by atoms with Gasteiger partial charge in [0.15, 0.2) is 0 Å². The van der Waals surface area contributed by atoms with Gasteiger partial charge in [-0.15, -0.1) is 0 Å². The molecule has 7 N–H and O–H groups in total. The van der Waals surface area contributed by atoms with E-state index in [0.717, 1.165) is 5.75 Å². The third-order valence-corrected chi connectivity index (χ3v) is 4.40. The van der Waals surface area contributed by atoms with E-state index in [4.69, 9.17) is 5.73 Å². The van der Waals surface area contributed by atoms with Crippen molar-refractivity contribution in [3.05, 3.63) is 18.2 Å². The summed E-state index contributed by atoms with van der Waals surface area (Å²) in [4.78, 5) is 53.7. The van der Waals surface area contributed by atoms with Crippen LogP contribution in [0.15, 0.2) is 12.5 Å². The summed E-state index contributed by atoms with van der Waals surface area (Å²) >= 11 is 1.56. The smallest absolute Gasteiger partial charge is 0.326 e. The molecule has 3 unspecified atom stereocenters. The minimum absolute atomic E-state index is 0.0196. The van der Waals surface area contributed by atoms with Crippen molar-refractivity contribution in [2.24, 2.45) is 5.73 Å². The molecule has 0 aliphatic carbocycles. The lowest BCUT2D eigenvalue weighted by Crippen LogP contribution is -2.53. The van der Waals surface area contributed by atoms with Gasteiger partial charge in [0, 0.05) is 18.3 Å². The second kappa shape index (κ2) is 12.0. The molecule has 1 aromatic heterocycles. The zero-order valence-electron chi connectivity index (χ0n) is 15.7. The van der Waals surface area contributed by atoms with Crippen LogP contribution in [0.25, 0.3) is 0 Å². The number of nitrogens with two attached hydrogens (primary N) is 1. The van der Waals surface area contributed by atoms with Gasteiger partial charge in [-0.1, -0.05) is 0 Å². The molecule has 0 bridgehead atoms. The summed E-state index contributed by atoms with van der Waals surface area (Å²) in [6, 6.07) is -2.88. The van der Waals surface area contributed by atoms with Crippen LogP contribution in [0.1, 0.15) is 19.0 Å². The van der Waals surface area contributed by atoms with E-state index in [-0.39, 0.29) is 13.0 Å². The number of carboxylic acids is 1. The molecule has 11 nitrogen and oxygen atoms in total. The Morgan fingerprint density at radius 1 is 1.29 bits per heavy atom. The van der Waals surface area contributed by atoms with Crippen molar-refractivity contribution in [1.82, 2.24) is 25.9 Å². The average molecular weight is 414 g/mol. The molecule has 1 heterocycles. The Bertz CT molecular complexity index is 668. The first kappa shape index (κ1) is 23.4. The number of thioether (sulfide) groups is 1. The van der Waals surface area contributed by atoms with Gasteiger partial charge in [-0.2, -0.15) is 11.8 Å². The second-order valence-electron chi connectivity index (χ2n) is 6.08. The van der Waals surface area contributed by atoms with Gasteiger partial charge in [0.25, 0.3) is 0 Å². The van der Waals surface area contributed by atoms with E-state index in [2.05, 4.69) is 25.9 Å². The first-order valence-corrected chi connectivity index (χ1v) is 9.96. The number of rotatable bonds is 12. The van der Waals surface area contributed by atoms with Gasteiger partial charge in [-0.3, -0.25) is 14.4 Å². The van der Waals surface area contributed by atoms with E-state index in [1.165, 1.54) is 19.4 Å². The highest BCUT2D eigenvalue weighted by Crippen LogP contribution is 2.00. The van der Waals surface area contributed by atoms with E-state index >= 15 is 0 Å². The zero-order chi connectivity index (χ0) is 21.1. The number of aromatic amines is 1. The van der Waals surface area contributed by atoms with Crippen molar-refractivity contribution in [1.29, 1.82) is 0 Å². The molecular weight excluding hydrogens is 388 g/mol. The fourth-order valence-corrected chi connectivity index (χ4v) is 2.64. The molecule has 28 heavy (non-hydrogen) atoms. The number of carboxylic acid groups (broad SMARTS) is 1. The Morgan fingerprint density at radius 2 is 2.00 bits per heavy atom. The molecule has 0 aliphatic rings. The molecule has 0 saturated heterocycles. The van der Waals surface area contributed by atoms with Gasteiger partial charge >= 0.3 is 5.97 Å². The van der Waals surface area contributed by atoms with Crippen LogP contribution < -0.4 is 21.7 Å². The van der Waals surface area contributed by atoms with Crippen molar-refractivity contribution < 1.29 is 24.3 Å². The van der Waals surface area contributed by atoms with Crippen LogP contribution >= 0.6 is 11.8 Å². The summed E-state index contributed by atoms with van der Waals surface area (Å²) in [5.74, 6) is -2.20. The Morgan fingerprint density at radius 3 is 2.57 bits per heavy atom. The summed E-state index contributed by atoms with van der Waals surface area (Å²) in [7, 11) is 0. The summed E-state index contributed by atoms with van der Waals surface area (Å²) in [5.41, 5.74) is 6.24. The number of carbonyl (C=O) groups excluding carboxylic acids is 3. The molecule has 3 atom stereocenters. The van der Waals surface area contributed by atoms with E-state index < -0.39 is 41.8 Å². The molecule has 0 fully saturated rings. The lowest BCUT2D eigenvalue weighted by atomic mass is 10.1. The molecule has 0 radical (unpaired) electrons. The minimum Gasteiger partial charge on any atom is -0.480 e. The van der Waals surface area contributed by atoms with Crippen molar-refractivity contribution in [3.63, 3.8) is 0 Å². The van der Waals surface area contributed by atoms with Crippen LogP contribution in [0, 0.1) is 0 Å². The fraction of sp³-hybridized carbons (Fsp3) is 0.562. The Hall–Kier alpha value is -2.60. The SMILES string of the molecule is CSCCC(N)C(=O)NCC(=O)NC(C)C(=O)NC(Cc1cnc[nH]1)C(=O)O. The predicted molar refractivity (Wildman–Crippen MR) is 103 cm³/mol. The number of nitrogens with zero attached hydrogens (tertiary/aromatic N) is 1. The van der Waals surface area contributed by atoms with Crippen LogP contribution in [-0.4, -0.2) is 75.4 Å². The highest BCUT2D eigenvalue weighted by molar-refractivity contribution is 7.98. The maximum Gasteiger partial charge on any atom is 0.326 e. The quantitative estimate of drug-likeness (QED) is 0.232. The maximum absolute atomic E-state index is 12.2. The molecule has 0 saturated carbocycles. The molecule has 1 rings (SSSR count). The monoisotopic (exact) mass is 414 g/mol. The van der Waals surface area contributed by atoms with Gasteiger partial charge in [-0.25, -0.2) is 9.78 Å². The number of hydrogen-bond acceptors (Lipinski definition) is 7. The summed E-state index contributed by atoms with van der Waals surface area (Å²) in [6.45, 7) is 1.08. The number of nitrogens with one attached hydrogen (secondary N) is 4. The number of carbonyl (C=O) groups is 4. The number of aromatic nitrogens is 2. The van der Waals surface area contributed by atoms with Gasteiger partial charge in [0.2, 0.25) is 17.7 Å². The summed E-state index contributed by atoms with van der Waals surface area (Å²) in [5, 5.41) is 16.4. The highest BCUT2D eigenvalue weighted by Gasteiger charge is 2.24. The Labute approximate surface area is 166 Å². The number of aliphatic carboxylic acids is 1. The third kappa shape index (κ3) is 8.39. The first-order valence-electron chi connectivity index (χ1n) is 8.56. The molecule has 1 aromatic rings. The molecule has 156 valence electrons. The van der Waals surface area contributed by atoms with Gasteiger partial charge in [-0.05, 0) is 25.4 Å². The number of H-pyrrole nitrogens is 1. The van der Waals surface area contributed by atoms with Crippen LogP contribution in [0.5, 0.6) is 0 Å². The number of imidazole rings is 1. The minimum atomic E-state index is -1.21. The summed E-state index contributed by atoms with van der Waals surface area (Å²) < 4.78 is 0. The highest BCUT2D eigenvalue weighted by atomic mass is 32.2. The Kier molecular flexibility index (Phi) is 10.0. The number of amides is 3. The van der Waals surface area contributed by atoms with E-state index in [1.54, 1.807) is 11.8 Å². The van der Waals surface area contributed by atoms with Crippen LogP contribution in [0.3, 0.4) is 0 Å². The lowest BCUT2D eigenvalue weighted by Gasteiger charge is -2.18. The summed E-state index contributed by atoms with van der Waals surface area (Å²) in [6.07, 6.45) is 5.26. The molecule has 0 aliphatic heterocycles. The van der Waals surface area contributed by atoms with Crippen LogP contribution in [-0.2, 0) is 25.6 Å². The van der Waals surface area contributed by atoms with Crippen molar-refractivity contribution in [2.45, 2.75) is 37.9 Å². The standard InChI is InChI=1S/C16H26N6O5S/c1-9(21-13(23)7-19-15(25)11(17)3-4-28-2)14(24)22-12(16(26)27)5-10-6-18-8-20-10/h6,8-9,11-12H,3-5,7,17H2,1-2H3,(H,18,20)(H,19,25)(H,21,23)(H,22,24)(H,26,27). The fourth-order valence-electron chi connectivity index (χ4n) is 2.15. The van der Waals surface area contributed by atoms with Crippen molar-refractivity contribution in [2.75, 3.05) is 18.6 Å². The topological polar surface area (TPSA) is 179 Å².